The van der Waals surface area contributed by atoms with Crippen molar-refractivity contribution in [2.45, 2.75) is 20.4 Å². The molecule has 1 saturated heterocycles. The Morgan fingerprint density at radius 1 is 0.913 bits per heavy atom. The first-order chi connectivity index (χ1) is 11.0. The molecular weight excluding hydrogens is 294 g/mol. The van der Waals surface area contributed by atoms with E-state index in [1.807, 2.05) is 0 Å². The maximum Gasteiger partial charge on any atom is 0.130 e. The molecule has 3 rings (SSSR count). The Morgan fingerprint density at radius 3 is 2.35 bits per heavy atom. The zero-order chi connectivity index (χ0) is 16.4. The lowest BCUT2D eigenvalue weighted by atomic mass is 10.1. The van der Waals surface area contributed by atoms with Crippen LogP contribution in [-0.4, -0.2) is 31.1 Å². The molecular formula is C19H22F2N2. The van der Waals surface area contributed by atoms with E-state index in [1.54, 1.807) is 6.07 Å². The molecule has 1 heterocycles. The number of anilines is 1. The third kappa shape index (κ3) is 3.70. The smallest absolute Gasteiger partial charge is 0.130 e. The Hall–Kier alpha value is -1.94. The number of benzene rings is 2. The van der Waals surface area contributed by atoms with Crippen molar-refractivity contribution in [2.24, 2.45) is 0 Å². The summed E-state index contributed by atoms with van der Waals surface area (Å²) in [4.78, 5) is 4.61. The highest BCUT2D eigenvalue weighted by molar-refractivity contribution is 5.55. The third-order valence-corrected chi connectivity index (χ3v) is 4.49. The number of piperazine rings is 1. The Bertz CT molecular complexity index is 692. The molecule has 0 radical (unpaired) electrons. The van der Waals surface area contributed by atoms with Gasteiger partial charge in [0.2, 0.25) is 0 Å². The van der Waals surface area contributed by atoms with E-state index < -0.39 is 11.6 Å². The van der Waals surface area contributed by atoms with Crippen molar-refractivity contribution in [3.8, 4) is 0 Å². The van der Waals surface area contributed by atoms with E-state index in [0.717, 1.165) is 32.2 Å². The van der Waals surface area contributed by atoms with E-state index in [2.05, 4.69) is 41.8 Å². The summed E-state index contributed by atoms with van der Waals surface area (Å²) >= 11 is 0. The van der Waals surface area contributed by atoms with Crippen LogP contribution in [0.3, 0.4) is 0 Å². The van der Waals surface area contributed by atoms with Gasteiger partial charge >= 0.3 is 0 Å². The first-order valence-corrected chi connectivity index (χ1v) is 8.01. The second-order valence-electron chi connectivity index (χ2n) is 6.29. The minimum Gasteiger partial charge on any atom is -0.369 e. The molecule has 23 heavy (non-hydrogen) atoms. The second-order valence-corrected chi connectivity index (χ2v) is 6.29. The third-order valence-electron chi connectivity index (χ3n) is 4.49. The molecule has 1 aliphatic heterocycles. The van der Waals surface area contributed by atoms with Crippen molar-refractivity contribution < 1.29 is 8.78 Å². The zero-order valence-corrected chi connectivity index (χ0v) is 13.6. The van der Waals surface area contributed by atoms with Crippen molar-refractivity contribution in [1.82, 2.24) is 4.90 Å². The van der Waals surface area contributed by atoms with Crippen molar-refractivity contribution in [3.05, 3.63) is 64.7 Å². The second kappa shape index (κ2) is 6.67. The van der Waals surface area contributed by atoms with Gasteiger partial charge in [0, 0.05) is 50.0 Å². The predicted octanol–water partition coefficient (Wildman–Crippen LogP) is 3.90. The van der Waals surface area contributed by atoms with Crippen LogP contribution in [0.15, 0.2) is 36.4 Å². The average molecular weight is 316 g/mol. The van der Waals surface area contributed by atoms with Gasteiger partial charge in [-0.2, -0.15) is 0 Å². The first-order valence-electron chi connectivity index (χ1n) is 8.01. The SMILES string of the molecule is Cc1ccc(C)c(N2CCN(Cc3ccc(F)cc3F)CC2)c1. The van der Waals surface area contributed by atoms with Crippen molar-refractivity contribution in [3.63, 3.8) is 0 Å². The first kappa shape index (κ1) is 15.9. The van der Waals surface area contributed by atoms with Gasteiger partial charge in [-0.15, -0.1) is 0 Å². The molecule has 2 nitrogen and oxygen atoms in total. The van der Waals surface area contributed by atoms with Gasteiger partial charge < -0.3 is 4.90 Å². The summed E-state index contributed by atoms with van der Waals surface area (Å²) < 4.78 is 26.7. The number of aryl methyl sites for hydroxylation is 2. The van der Waals surface area contributed by atoms with E-state index in [4.69, 9.17) is 0 Å². The summed E-state index contributed by atoms with van der Waals surface area (Å²) in [5.41, 5.74) is 4.40. The lowest BCUT2D eigenvalue weighted by Gasteiger charge is -2.37. The van der Waals surface area contributed by atoms with Gasteiger partial charge in [0.1, 0.15) is 11.6 Å². The highest BCUT2D eigenvalue weighted by Gasteiger charge is 2.19. The maximum absolute atomic E-state index is 13.8. The highest BCUT2D eigenvalue weighted by atomic mass is 19.1. The Balaban J connectivity index is 1.63. The topological polar surface area (TPSA) is 6.48 Å². The number of nitrogens with zero attached hydrogens (tertiary/aromatic N) is 2. The minimum absolute atomic E-state index is 0.457. The summed E-state index contributed by atoms with van der Waals surface area (Å²) in [6.45, 7) is 8.38. The molecule has 122 valence electrons. The molecule has 0 spiro atoms. The van der Waals surface area contributed by atoms with Gasteiger partial charge in [-0.05, 0) is 37.1 Å². The minimum atomic E-state index is -0.522. The van der Waals surface area contributed by atoms with Crippen molar-refractivity contribution in [1.29, 1.82) is 0 Å². The van der Waals surface area contributed by atoms with Crippen LogP contribution < -0.4 is 4.90 Å². The van der Waals surface area contributed by atoms with E-state index in [1.165, 1.54) is 22.9 Å². The lowest BCUT2D eigenvalue weighted by Crippen LogP contribution is -2.46. The van der Waals surface area contributed by atoms with Crippen LogP contribution in [0.1, 0.15) is 16.7 Å². The monoisotopic (exact) mass is 316 g/mol. The molecule has 4 heteroatoms. The lowest BCUT2D eigenvalue weighted by molar-refractivity contribution is 0.246. The Labute approximate surface area is 136 Å². The summed E-state index contributed by atoms with van der Waals surface area (Å²) in [6.07, 6.45) is 0. The van der Waals surface area contributed by atoms with Gasteiger partial charge in [-0.25, -0.2) is 8.78 Å². The fourth-order valence-corrected chi connectivity index (χ4v) is 3.10. The van der Waals surface area contributed by atoms with Crippen LogP contribution >= 0.6 is 0 Å². The largest absolute Gasteiger partial charge is 0.369 e. The number of rotatable bonds is 3. The highest BCUT2D eigenvalue weighted by Crippen LogP contribution is 2.23. The summed E-state index contributed by atoms with van der Waals surface area (Å²) in [5.74, 6) is -0.979. The van der Waals surface area contributed by atoms with Gasteiger partial charge in [0.05, 0.1) is 0 Å². The predicted molar refractivity (Wildman–Crippen MR) is 89.8 cm³/mol. The Morgan fingerprint density at radius 2 is 1.65 bits per heavy atom. The molecule has 0 aliphatic carbocycles. The Kier molecular flexibility index (Phi) is 4.62. The van der Waals surface area contributed by atoms with Gasteiger partial charge in [-0.3, -0.25) is 4.90 Å². The molecule has 1 fully saturated rings. The fourth-order valence-electron chi connectivity index (χ4n) is 3.10. The van der Waals surface area contributed by atoms with Gasteiger partial charge in [-0.1, -0.05) is 18.2 Å². The molecule has 0 N–H and O–H groups in total. The van der Waals surface area contributed by atoms with Crippen LogP contribution in [0.25, 0.3) is 0 Å². The zero-order valence-electron chi connectivity index (χ0n) is 13.6. The molecule has 2 aromatic rings. The molecule has 0 atom stereocenters. The number of halogens is 2. The van der Waals surface area contributed by atoms with Crippen LogP contribution in [-0.2, 0) is 6.54 Å². The van der Waals surface area contributed by atoms with Gasteiger partial charge in [0.15, 0.2) is 0 Å². The molecule has 1 aliphatic rings. The summed E-state index contributed by atoms with van der Waals surface area (Å²) in [7, 11) is 0. The number of hydrogen-bond acceptors (Lipinski definition) is 2. The average Bonchev–Trinajstić information content (AvgIpc) is 2.53. The van der Waals surface area contributed by atoms with E-state index in [0.29, 0.717) is 12.1 Å². The van der Waals surface area contributed by atoms with Gasteiger partial charge in [0.25, 0.3) is 0 Å². The molecule has 0 aromatic heterocycles. The van der Waals surface area contributed by atoms with Crippen LogP contribution in [0, 0.1) is 25.5 Å². The summed E-state index contributed by atoms with van der Waals surface area (Å²) in [6, 6.07) is 10.3. The molecule has 0 bridgehead atoms. The normalized spacial score (nSPS) is 15.9. The van der Waals surface area contributed by atoms with E-state index in [9.17, 15) is 8.78 Å². The van der Waals surface area contributed by atoms with Crippen molar-refractivity contribution >= 4 is 5.69 Å². The maximum atomic E-state index is 13.8. The van der Waals surface area contributed by atoms with Crippen LogP contribution in [0.5, 0.6) is 0 Å². The van der Waals surface area contributed by atoms with Crippen LogP contribution in [0.2, 0.25) is 0 Å². The van der Waals surface area contributed by atoms with Crippen LogP contribution in [0.4, 0.5) is 14.5 Å². The van der Waals surface area contributed by atoms with E-state index in [-0.39, 0.29) is 0 Å². The standard InChI is InChI=1S/C19H22F2N2/c1-14-3-4-15(2)19(11-14)23-9-7-22(8-10-23)13-16-5-6-17(20)12-18(16)21/h3-6,11-12H,7-10,13H2,1-2H3. The summed E-state index contributed by atoms with van der Waals surface area (Å²) in [5, 5.41) is 0. The fraction of sp³-hybridized carbons (Fsp3) is 0.368. The quantitative estimate of drug-likeness (QED) is 0.847. The van der Waals surface area contributed by atoms with Crippen molar-refractivity contribution in [2.75, 3.05) is 31.1 Å². The molecule has 0 unspecified atom stereocenters. The molecule has 0 saturated carbocycles. The number of hydrogen-bond donors (Lipinski definition) is 0. The molecule has 0 amide bonds. The van der Waals surface area contributed by atoms with E-state index >= 15 is 0 Å². The molecule has 2 aromatic carbocycles.